The lowest BCUT2D eigenvalue weighted by atomic mass is 9.92. The zero-order valence-corrected chi connectivity index (χ0v) is 22.2. The largest absolute Gasteiger partial charge is 0.378 e. The van der Waals surface area contributed by atoms with Gasteiger partial charge >= 0.3 is 0 Å². The smallest absolute Gasteiger partial charge is 0.142 e. The predicted octanol–water partition coefficient (Wildman–Crippen LogP) is 7.46. The van der Waals surface area contributed by atoms with Gasteiger partial charge in [0.25, 0.3) is 0 Å². The fraction of sp³-hybridized carbons (Fsp3) is 0.733. The SMILES string of the molecule is CC(C)=CCCC(C)CC=CC(C)(O)C#CC#CC(C)(O)CCCC(C)CCCC(C)C. The molecule has 0 rings (SSSR count). The summed E-state index contributed by atoms with van der Waals surface area (Å²) in [7, 11) is 0. The molecule has 4 atom stereocenters. The Bertz CT molecular complexity index is 682. The second-order valence-corrected chi connectivity index (χ2v) is 10.8. The van der Waals surface area contributed by atoms with Crippen LogP contribution in [0.15, 0.2) is 23.8 Å². The molecule has 0 aliphatic carbocycles. The van der Waals surface area contributed by atoms with Gasteiger partial charge in [-0.05, 0) is 95.5 Å². The summed E-state index contributed by atoms with van der Waals surface area (Å²) >= 11 is 0. The normalized spacial score (nSPS) is 16.8. The van der Waals surface area contributed by atoms with Crippen LogP contribution in [0.25, 0.3) is 0 Å². The van der Waals surface area contributed by atoms with Crippen molar-refractivity contribution in [3.8, 4) is 23.7 Å². The molecule has 0 saturated heterocycles. The lowest BCUT2D eigenvalue weighted by Gasteiger charge is -2.18. The second-order valence-electron chi connectivity index (χ2n) is 10.8. The first kappa shape index (κ1) is 30.5. The zero-order valence-electron chi connectivity index (χ0n) is 22.2. The van der Waals surface area contributed by atoms with E-state index in [-0.39, 0.29) is 0 Å². The van der Waals surface area contributed by atoms with E-state index in [1.807, 2.05) is 6.08 Å². The van der Waals surface area contributed by atoms with Crippen LogP contribution in [-0.4, -0.2) is 21.4 Å². The molecule has 0 radical (unpaired) electrons. The van der Waals surface area contributed by atoms with Crippen molar-refractivity contribution in [2.24, 2.45) is 17.8 Å². The van der Waals surface area contributed by atoms with Gasteiger partial charge in [-0.2, -0.15) is 0 Å². The van der Waals surface area contributed by atoms with Gasteiger partial charge in [0, 0.05) is 0 Å². The molecule has 0 aromatic rings. The van der Waals surface area contributed by atoms with Crippen molar-refractivity contribution < 1.29 is 10.2 Å². The summed E-state index contributed by atoms with van der Waals surface area (Å²) in [6.07, 6.45) is 15.7. The fourth-order valence-electron chi connectivity index (χ4n) is 3.55. The van der Waals surface area contributed by atoms with Gasteiger partial charge in [-0.3, -0.25) is 0 Å². The Labute approximate surface area is 200 Å². The van der Waals surface area contributed by atoms with Crippen LogP contribution < -0.4 is 0 Å². The van der Waals surface area contributed by atoms with Gasteiger partial charge in [-0.15, -0.1) is 0 Å². The Morgan fingerprint density at radius 2 is 1.47 bits per heavy atom. The lowest BCUT2D eigenvalue weighted by molar-refractivity contribution is 0.107. The Hall–Kier alpha value is -1.48. The maximum atomic E-state index is 10.5. The van der Waals surface area contributed by atoms with E-state index < -0.39 is 11.2 Å². The Balaban J connectivity index is 4.43. The van der Waals surface area contributed by atoms with Gasteiger partial charge in [0.1, 0.15) is 11.2 Å². The Morgan fingerprint density at radius 3 is 2.09 bits per heavy atom. The van der Waals surface area contributed by atoms with Crippen LogP contribution in [0.2, 0.25) is 0 Å². The Kier molecular flexibility index (Phi) is 15.4. The molecule has 0 spiro atoms. The van der Waals surface area contributed by atoms with Gasteiger partial charge in [-0.25, -0.2) is 0 Å². The third-order valence-electron chi connectivity index (χ3n) is 5.74. The van der Waals surface area contributed by atoms with E-state index in [1.165, 1.54) is 24.8 Å². The standard InChI is InChI=1S/C30H50O2/c1-25(2)15-11-17-27(5)19-13-23-29(7,31)21-9-10-22-30(8,32)24-14-20-28(6)18-12-16-26(3)4/h13,15,23,26-28,31-32H,11-12,14,16-20,24H2,1-8H3. The maximum Gasteiger partial charge on any atom is 0.142 e. The van der Waals surface area contributed by atoms with E-state index in [2.05, 4.69) is 71.3 Å². The first-order valence-corrected chi connectivity index (χ1v) is 12.6. The van der Waals surface area contributed by atoms with Crippen molar-refractivity contribution in [3.63, 3.8) is 0 Å². The number of hydrogen-bond donors (Lipinski definition) is 2. The minimum atomic E-state index is -1.20. The summed E-state index contributed by atoms with van der Waals surface area (Å²) in [6, 6.07) is 0. The molecule has 0 bridgehead atoms. The van der Waals surface area contributed by atoms with Gasteiger partial charge in [-0.1, -0.05) is 82.9 Å². The van der Waals surface area contributed by atoms with Crippen LogP contribution in [0.5, 0.6) is 0 Å². The van der Waals surface area contributed by atoms with Crippen LogP contribution in [0.4, 0.5) is 0 Å². The average Bonchev–Trinajstić information content (AvgIpc) is 2.64. The third kappa shape index (κ3) is 19.2. The van der Waals surface area contributed by atoms with Crippen molar-refractivity contribution in [2.75, 3.05) is 0 Å². The van der Waals surface area contributed by atoms with Crippen LogP contribution in [-0.2, 0) is 0 Å². The molecule has 2 nitrogen and oxygen atoms in total. The highest BCUT2D eigenvalue weighted by Crippen LogP contribution is 2.20. The fourth-order valence-corrected chi connectivity index (χ4v) is 3.55. The highest BCUT2D eigenvalue weighted by molar-refractivity contribution is 5.34. The highest BCUT2D eigenvalue weighted by atomic mass is 16.3. The molecule has 32 heavy (non-hydrogen) atoms. The molecular formula is C30H50O2. The number of hydrogen-bond acceptors (Lipinski definition) is 2. The molecule has 0 heterocycles. The van der Waals surface area contributed by atoms with Crippen LogP contribution in [0.1, 0.15) is 113 Å². The summed E-state index contributed by atoms with van der Waals surface area (Å²) in [5, 5.41) is 20.9. The summed E-state index contributed by atoms with van der Waals surface area (Å²) in [5.74, 6) is 13.2. The zero-order chi connectivity index (χ0) is 24.6. The summed E-state index contributed by atoms with van der Waals surface area (Å²) in [6.45, 7) is 16.7. The molecule has 0 saturated carbocycles. The third-order valence-corrected chi connectivity index (χ3v) is 5.74. The van der Waals surface area contributed by atoms with E-state index >= 15 is 0 Å². The number of rotatable bonds is 14. The number of aliphatic hydroxyl groups is 2. The summed E-state index contributed by atoms with van der Waals surface area (Å²) in [4.78, 5) is 0. The van der Waals surface area contributed by atoms with E-state index in [0.29, 0.717) is 18.3 Å². The minimum absolute atomic E-state index is 0.568. The summed E-state index contributed by atoms with van der Waals surface area (Å²) < 4.78 is 0. The topological polar surface area (TPSA) is 40.5 Å². The van der Waals surface area contributed by atoms with E-state index in [4.69, 9.17) is 0 Å². The molecule has 0 amide bonds. The monoisotopic (exact) mass is 442 g/mol. The van der Waals surface area contributed by atoms with Crippen molar-refractivity contribution in [3.05, 3.63) is 23.8 Å². The molecule has 0 aromatic carbocycles. The number of allylic oxidation sites excluding steroid dienone is 3. The van der Waals surface area contributed by atoms with Gasteiger partial charge in [0.05, 0.1) is 0 Å². The lowest BCUT2D eigenvalue weighted by Crippen LogP contribution is -2.21. The van der Waals surface area contributed by atoms with Crippen molar-refractivity contribution in [1.29, 1.82) is 0 Å². The minimum Gasteiger partial charge on any atom is -0.378 e. The molecule has 0 fully saturated rings. The molecule has 182 valence electrons. The second kappa shape index (κ2) is 16.2. The molecule has 0 aromatic heterocycles. The van der Waals surface area contributed by atoms with Gasteiger partial charge < -0.3 is 10.2 Å². The van der Waals surface area contributed by atoms with Crippen LogP contribution in [0.3, 0.4) is 0 Å². The quantitative estimate of drug-likeness (QED) is 0.216. The Morgan fingerprint density at radius 1 is 0.844 bits per heavy atom. The molecule has 0 aliphatic heterocycles. The predicted molar refractivity (Wildman–Crippen MR) is 140 cm³/mol. The van der Waals surface area contributed by atoms with Gasteiger partial charge in [0.15, 0.2) is 0 Å². The average molecular weight is 443 g/mol. The van der Waals surface area contributed by atoms with Crippen LogP contribution in [0, 0.1) is 41.4 Å². The van der Waals surface area contributed by atoms with E-state index in [1.54, 1.807) is 19.9 Å². The summed E-state index contributed by atoms with van der Waals surface area (Å²) in [5.41, 5.74) is -0.877. The van der Waals surface area contributed by atoms with Gasteiger partial charge in [0.2, 0.25) is 0 Å². The van der Waals surface area contributed by atoms with E-state index in [9.17, 15) is 10.2 Å². The molecule has 4 unspecified atom stereocenters. The first-order valence-electron chi connectivity index (χ1n) is 12.6. The van der Waals surface area contributed by atoms with Crippen molar-refractivity contribution >= 4 is 0 Å². The van der Waals surface area contributed by atoms with Crippen LogP contribution >= 0.6 is 0 Å². The van der Waals surface area contributed by atoms with Crippen molar-refractivity contribution in [1.82, 2.24) is 0 Å². The maximum absolute atomic E-state index is 10.5. The highest BCUT2D eigenvalue weighted by Gasteiger charge is 2.17. The first-order chi connectivity index (χ1) is 14.8. The molecule has 2 heteroatoms. The van der Waals surface area contributed by atoms with E-state index in [0.717, 1.165) is 38.0 Å². The molecule has 0 aliphatic rings. The molecule has 2 N–H and O–H groups in total. The van der Waals surface area contributed by atoms with Crippen molar-refractivity contribution in [2.45, 2.75) is 124 Å². The molecular weight excluding hydrogens is 392 g/mol.